The fraction of sp³-hybridized carbons (Fsp3) is 0.375. The number of rotatable bonds is 7. The van der Waals surface area contributed by atoms with Crippen molar-refractivity contribution >= 4 is 46.7 Å². The molecule has 0 aromatic heterocycles. The average Bonchev–Trinajstić information content (AvgIpc) is 2.78. The number of anilines is 1. The van der Waals surface area contributed by atoms with Crippen LogP contribution in [-0.4, -0.2) is 29.3 Å². The molecule has 0 radical (unpaired) electrons. The molecule has 32 heavy (non-hydrogen) atoms. The molecule has 0 saturated heterocycles. The van der Waals surface area contributed by atoms with Gasteiger partial charge in [0.25, 0.3) is 0 Å². The maximum atomic E-state index is 12.2. The van der Waals surface area contributed by atoms with Crippen molar-refractivity contribution in [1.29, 1.82) is 0 Å². The van der Waals surface area contributed by atoms with Gasteiger partial charge in [-0.05, 0) is 111 Å². The molecular weight excluding hydrogens is 442 g/mol. The quantitative estimate of drug-likeness (QED) is 0.307. The Morgan fingerprint density at radius 3 is 2.03 bits per heavy atom. The van der Waals surface area contributed by atoms with Gasteiger partial charge >= 0.3 is 5.97 Å². The summed E-state index contributed by atoms with van der Waals surface area (Å²) in [4.78, 5) is 23.9. The van der Waals surface area contributed by atoms with Gasteiger partial charge in [0.1, 0.15) is 0 Å². The van der Waals surface area contributed by atoms with Crippen molar-refractivity contribution in [2.45, 2.75) is 47.3 Å². The second kappa shape index (κ2) is 11.9. The molecular formula is C24H31N3O3S2. The summed E-state index contributed by atoms with van der Waals surface area (Å²) in [6.45, 7) is 12.9. The normalized spacial score (nSPS) is 10.4. The molecule has 0 atom stereocenters. The number of esters is 1. The summed E-state index contributed by atoms with van der Waals surface area (Å²) in [7, 11) is 0. The van der Waals surface area contributed by atoms with Crippen molar-refractivity contribution in [3.8, 4) is 0 Å². The number of hydrazine groups is 1. The monoisotopic (exact) mass is 473 g/mol. The first-order valence-corrected chi connectivity index (χ1v) is 12.0. The Morgan fingerprint density at radius 2 is 1.47 bits per heavy atom. The first kappa shape index (κ1) is 25.7. The van der Waals surface area contributed by atoms with E-state index in [1.807, 2.05) is 0 Å². The number of amides is 1. The van der Waals surface area contributed by atoms with Crippen LogP contribution in [-0.2, 0) is 15.3 Å². The van der Waals surface area contributed by atoms with Crippen molar-refractivity contribution in [3.63, 3.8) is 0 Å². The van der Waals surface area contributed by atoms with Crippen LogP contribution in [0.1, 0.15) is 50.7 Å². The van der Waals surface area contributed by atoms with E-state index in [2.05, 4.69) is 50.8 Å². The van der Waals surface area contributed by atoms with Crippen LogP contribution in [0, 0.1) is 34.6 Å². The third kappa shape index (κ3) is 6.71. The third-order valence-corrected chi connectivity index (χ3v) is 6.77. The fourth-order valence-electron chi connectivity index (χ4n) is 3.27. The summed E-state index contributed by atoms with van der Waals surface area (Å²) in [6.07, 6.45) is 0. The summed E-state index contributed by atoms with van der Waals surface area (Å²) < 4.78 is 4.96. The molecule has 2 aromatic rings. The van der Waals surface area contributed by atoms with Gasteiger partial charge < -0.3 is 10.1 Å². The van der Waals surface area contributed by atoms with E-state index >= 15 is 0 Å². The van der Waals surface area contributed by atoms with Gasteiger partial charge in [0, 0.05) is 11.4 Å². The van der Waals surface area contributed by atoms with Gasteiger partial charge in [-0.15, -0.1) is 11.8 Å². The van der Waals surface area contributed by atoms with E-state index in [1.165, 1.54) is 33.4 Å². The zero-order valence-corrected chi connectivity index (χ0v) is 21.1. The molecule has 172 valence electrons. The molecule has 0 unspecified atom stereocenters. The Hall–Kier alpha value is -2.58. The molecule has 0 aliphatic carbocycles. The van der Waals surface area contributed by atoms with Crippen LogP contribution in [0.2, 0.25) is 0 Å². The zero-order valence-electron chi connectivity index (χ0n) is 19.5. The van der Waals surface area contributed by atoms with Gasteiger partial charge in [-0.2, -0.15) is 0 Å². The molecule has 6 nitrogen and oxygen atoms in total. The molecule has 2 aromatic carbocycles. The minimum Gasteiger partial charge on any atom is -0.462 e. The number of hydrogen-bond acceptors (Lipinski definition) is 5. The second-order valence-corrected chi connectivity index (χ2v) is 8.92. The summed E-state index contributed by atoms with van der Waals surface area (Å²) in [5, 5.41) is 3.21. The summed E-state index contributed by atoms with van der Waals surface area (Å²) >= 11 is 6.78. The van der Waals surface area contributed by atoms with Crippen LogP contribution in [0.3, 0.4) is 0 Å². The van der Waals surface area contributed by atoms with Crippen LogP contribution >= 0.6 is 24.0 Å². The number of thiocarbonyl (C=S) groups is 1. The topological polar surface area (TPSA) is 79.5 Å². The van der Waals surface area contributed by atoms with Gasteiger partial charge in [0.05, 0.1) is 17.9 Å². The first-order chi connectivity index (χ1) is 15.1. The molecule has 2 rings (SSSR count). The molecule has 3 N–H and O–H groups in total. The van der Waals surface area contributed by atoms with Gasteiger partial charge in [0.15, 0.2) is 5.11 Å². The van der Waals surface area contributed by atoms with Crippen molar-refractivity contribution in [2.24, 2.45) is 0 Å². The molecule has 8 heteroatoms. The number of carbonyl (C=O) groups is 2. The van der Waals surface area contributed by atoms with E-state index in [-0.39, 0.29) is 17.0 Å². The SMILES string of the molecule is CCOC(=O)c1ccc(NC(=S)NNC(=O)CSCc2c(C)c(C)c(C)c(C)c2C)cc1. The molecule has 0 bridgehead atoms. The standard InChI is InChI=1S/C24H31N3O3S2/c1-7-30-23(29)19-8-10-20(11-9-19)25-24(31)27-26-22(28)13-32-12-21-17(5)15(3)14(2)16(4)18(21)6/h8-11H,7,12-13H2,1-6H3,(H,26,28)(H2,25,27,31). The number of nitrogens with one attached hydrogen (secondary N) is 3. The highest BCUT2D eigenvalue weighted by Crippen LogP contribution is 2.28. The minimum absolute atomic E-state index is 0.160. The Bertz CT molecular complexity index is 976. The largest absolute Gasteiger partial charge is 0.462 e. The Labute approximate surface area is 199 Å². The van der Waals surface area contributed by atoms with E-state index in [1.54, 1.807) is 43.0 Å². The highest BCUT2D eigenvalue weighted by molar-refractivity contribution is 7.99. The average molecular weight is 474 g/mol. The lowest BCUT2D eigenvalue weighted by Gasteiger charge is -2.18. The van der Waals surface area contributed by atoms with Crippen LogP contribution in [0.15, 0.2) is 24.3 Å². The van der Waals surface area contributed by atoms with E-state index in [9.17, 15) is 9.59 Å². The summed E-state index contributed by atoms with van der Waals surface area (Å²) in [5.41, 5.74) is 14.4. The molecule has 0 aliphatic heterocycles. The highest BCUT2D eigenvalue weighted by Gasteiger charge is 2.13. The van der Waals surface area contributed by atoms with E-state index in [0.29, 0.717) is 23.6 Å². The van der Waals surface area contributed by atoms with E-state index in [4.69, 9.17) is 17.0 Å². The molecule has 1 amide bonds. The molecule has 0 fully saturated rings. The van der Waals surface area contributed by atoms with Crippen LogP contribution in [0.4, 0.5) is 5.69 Å². The first-order valence-electron chi connectivity index (χ1n) is 10.4. The zero-order chi connectivity index (χ0) is 23.8. The van der Waals surface area contributed by atoms with Crippen molar-refractivity contribution in [3.05, 3.63) is 63.2 Å². The lowest BCUT2D eigenvalue weighted by atomic mass is 9.90. The molecule has 0 spiro atoms. The predicted molar refractivity (Wildman–Crippen MR) is 136 cm³/mol. The van der Waals surface area contributed by atoms with Gasteiger partial charge in [-0.1, -0.05) is 0 Å². The van der Waals surface area contributed by atoms with Crippen LogP contribution in [0.25, 0.3) is 0 Å². The maximum Gasteiger partial charge on any atom is 0.338 e. The number of ether oxygens (including phenoxy) is 1. The van der Waals surface area contributed by atoms with Crippen LogP contribution < -0.4 is 16.2 Å². The third-order valence-electron chi connectivity index (χ3n) is 5.60. The summed E-state index contributed by atoms with van der Waals surface area (Å²) in [6, 6.07) is 6.73. The number of benzene rings is 2. The maximum absolute atomic E-state index is 12.2. The number of thioether (sulfide) groups is 1. The van der Waals surface area contributed by atoms with Crippen molar-refractivity contribution < 1.29 is 14.3 Å². The lowest BCUT2D eigenvalue weighted by Crippen LogP contribution is -2.44. The number of hydrogen-bond donors (Lipinski definition) is 3. The molecule has 0 aliphatic rings. The van der Waals surface area contributed by atoms with Crippen molar-refractivity contribution in [2.75, 3.05) is 17.7 Å². The highest BCUT2D eigenvalue weighted by atomic mass is 32.2. The predicted octanol–water partition coefficient (Wildman–Crippen LogP) is 4.66. The Morgan fingerprint density at radius 1 is 0.906 bits per heavy atom. The van der Waals surface area contributed by atoms with Gasteiger partial charge in [-0.25, -0.2) is 4.79 Å². The lowest BCUT2D eigenvalue weighted by molar-refractivity contribution is -0.119. The van der Waals surface area contributed by atoms with E-state index in [0.717, 1.165) is 5.75 Å². The Kier molecular flexibility index (Phi) is 9.53. The molecule has 0 saturated carbocycles. The van der Waals surface area contributed by atoms with Crippen LogP contribution in [0.5, 0.6) is 0 Å². The summed E-state index contributed by atoms with van der Waals surface area (Å²) in [5.74, 6) is 0.565. The molecule has 0 heterocycles. The van der Waals surface area contributed by atoms with E-state index < -0.39 is 0 Å². The van der Waals surface area contributed by atoms with Gasteiger partial charge in [-0.3, -0.25) is 15.6 Å². The minimum atomic E-state index is -0.370. The smallest absolute Gasteiger partial charge is 0.338 e. The number of carbonyl (C=O) groups excluding carboxylic acids is 2. The van der Waals surface area contributed by atoms with Crippen molar-refractivity contribution in [1.82, 2.24) is 10.9 Å². The second-order valence-electron chi connectivity index (χ2n) is 7.52. The van der Waals surface area contributed by atoms with Gasteiger partial charge in [0.2, 0.25) is 5.91 Å². The Balaban J connectivity index is 1.79. The fourth-order valence-corrected chi connectivity index (χ4v) is 4.43.